The van der Waals surface area contributed by atoms with Gasteiger partial charge in [-0.05, 0) is 23.7 Å². The molecular weight excluding hydrogens is 228 g/mol. The van der Waals surface area contributed by atoms with Crippen LogP contribution in [0.25, 0.3) is 10.8 Å². The molecule has 0 nitrogen and oxygen atoms in total. The minimum absolute atomic E-state index is 0.767. The van der Waals surface area contributed by atoms with Crippen LogP contribution in [0.4, 0.5) is 0 Å². The van der Waals surface area contributed by atoms with E-state index >= 15 is 0 Å². The Morgan fingerprint density at radius 3 is 2.68 bits per heavy atom. The first-order valence-electron chi connectivity index (χ1n) is 7.81. The van der Waals surface area contributed by atoms with Crippen LogP contribution in [-0.2, 0) is 0 Å². The monoisotopic (exact) mass is 253 g/mol. The van der Waals surface area contributed by atoms with Crippen LogP contribution < -0.4 is 0 Å². The van der Waals surface area contributed by atoms with Crippen LogP contribution in [-0.4, -0.2) is 0 Å². The summed E-state index contributed by atoms with van der Waals surface area (Å²) >= 11 is 0. The van der Waals surface area contributed by atoms with Crippen molar-refractivity contribution in [2.75, 3.05) is 0 Å². The molecule has 1 saturated carbocycles. The van der Waals surface area contributed by atoms with Crippen LogP contribution in [0.1, 0.15) is 51.5 Å². The molecule has 0 radical (unpaired) electrons. The molecule has 0 heteroatoms. The van der Waals surface area contributed by atoms with E-state index < -0.39 is 0 Å². The fraction of sp³-hybridized carbons (Fsp3) is 0.526. The van der Waals surface area contributed by atoms with Crippen LogP contribution in [0, 0.1) is 17.8 Å². The molecule has 3 rings (SSSR count). The molecule has 0 N–H and O–H groups in total. The summed E-state index contributed by atoms with van der Waals surface area (Å²) in [7, 11) is 0. The standard InChI is InChI=1S/C19H25/c1-13(2)16-10-8-14(3)12-19(16)18-11-9-15-6-4-5-7-17(15)18/h4-7,9,11,13-14,16,19H,8,10,12H2,1-3H3/q-1/t14-,16?,19-/m1/s1. The third kappa shape index (κ3) is 2.33. The minimum atomic E-state index is 0.767. The molecule has 2 aromatic rings. The molecule has 0 amide bonds. The Bertz CT molecular complexity index is 546. The van der Waals surface area contributed by atoms with Crippen molar-refractivity contribution in [1.82, 2.24) is 0 Å². The number of fused-ring (bicyclic) bond motifs is 1. The van der Waals surface area contributed by atoms with Gasteiger partial charge in [0.05, 0.1) is 0 Å². The Morgan fingerprint density at radius 1 is 1.11 bits per heavy atom. The van der Waals surface area contributed by atoms with Gasteiger partial charge in [-0.25, -0.2) is 0 Å². The van der Waals surface area contributed by atoms with Crippen molar-refractivity contribution in [2.45, 2.75) is 46.0 Å². The molecule has 0 aliphatic heterocycles. The highest BCUT2D eigenvalue weighted by Gasteiger charge is 2.30. The second-order valence-electron chi connectivity index (χ2n) is 6.81. The topological polar surface area (TPSA) is 0 Å². The molecule has 0 aromatic heterocycles. The zero-order valence-corrected chi connectivity index (χ0v) is 12.4. The summed E-state index contributed by atoms with van der Waals surface area (Å²) in [6.45, 7) is 7.23. The summed E-state index contributed by atoms with van der Waals surface area (Å²) in [5.74, 6) is 3.31. The first kappa shape index (κ1) is 12.8. The van der Waals surface area contributed by atoms with Gasteiger partial charge in [0.1, 0.15) is 0 Å². The number of hydrogen-bond acceptors (Lipinski definition) is 0. The van der Waals surface area contributed by atoms with Crippen molar-refractivity contribution in [3.63, 3.8) is 0 Å². The summed E-state index contributed by atoms with van der Waals surface area (Å²) in [5.41, 5.74) is 1.61. The first-order valence-corrected chi connectivity index (χ1v) is 7.81. The lowest BCUT2D eigenvalue weighted by molar-refractivity contribution is 0.198. The van der Waals surface area contributed by atoms with Gasteiger partial charge in [-0.15, -0.1) is 40.6 Å². The number of hydrogen-bond donors (Lipinski definition) is 0. The molecule has 1 aliphatic rings. The highest BCUT2D eigenvalue weighted by atomic mass is 14.4. The molecule has 0 saturated heterocycles. The number of rotatable bonds is 2. The van der Waals surface area contributed by atoms with E-state index in [0.29, 0.717) is 0 Å². The average Bonchev–Trinajstić information content (AvgIpc) is 2.82. The predicted octanol–water partition coefficient (Wildman–Crippen LogP) is 5.73. The zero-order chi connectivity index (χ0) is 13.4. The summed E-state index contributed by atoms with van der Waals surface area (Å²) < 4.78 is 0. The van der Waals surface area contributed by atoms with Gasteiger partial charge in [0.25, 0.3) is 0 Å². The molecule has 2 aromatic carbocycles. The first-order chi connectivity index (χ1) is 9.16. The summed E-state index contributed by atoms with van der Waals surface area (Å²) in [5, 5.41) is 2.91. The van der Waals surface area contributed by atoms with Gasteiger partial charge in [-0.1, -0.05) is 46.1 Å². The lowest BCUT2D eigenvalue weighted by Gasteiger charge is -2.39. The van der Waals surface area contributed by atoms with Crippen molar-refractivity contribution in [1.29, 1.82) is 0 Å². The maximum absolute atomic E-state index is 2.43. The molecule has 0 bridgehead atoms. The Hall–Kier alpha value is -1.17. The average molecular weight is 253 g/mol. The SMILES string of the molecule is CC(C)C1CC[C@@H](C)C[C@H]1[c-]1ccc2ccccc21. The summed E-state index contributed by atoms with van der Waals surface area (Å²) in [6.07, 6.45) is 4.19. The van der Waals surface area contributed by atoms with Crippen molar-refractivity contribution in [3.05, 3.63) is 42.0 Å². The smallest absolute Gasteiger partial charge is 0.0402 e. The quantitative estimate of drug-likeness (QED) is 0.599. The van der Waals surface area contributed by atoms with E-state index in [2.05, 4.69) is 57.2 Å². The van der Waals surface area contributed by atoms with Crippen molar-refractivity contribution in [3.8, 4) is 0 Å². The normalized spacial score (nSPS) is 28.1. The molecule has 1 fully saturated rings. The number of benzene rings is 1. The minimum Gasteiger partial charge on any atom is -0.168 e. The fourth-order valence-corrected chi connectivity index (χ4v) is 4.06. The second-order valence-corrected chi connectivity index (χ2v) is 6.81. The van der Waals surface area contributed by atoms with Gasteiger partial charge in [-0.3, -0.25) is 0 Å². The lowest BCUT2D eigenvalue weighted by atomic mass is 9.67. The Morgan fingerprint density at radius 2 is 1.89 bits per heavy atom. The predicted molar refractivity (Wildman–Crippen MR) is 83.6 cm³/mol. The Balaban J connectivity index is 2.02. The van der Waals surface area contributed by atoms with Crippen LogP contribution in [0.15, 0.2) is 36.4 Å². The molecule has 0 spiro atoms. The molecule has 3 atom stereocenters. The van der Waals surface area contributed by atoms with E-state index in [4.69, 9.17) is 0 Å². The van der Waals surface area contributed by atoms with Crippen molar-refractivity contribution < 1.29 is 0 Å². The molecule has 102 valence electrons. The van der Waals surface area contributed by atoms with Crippen LogP contribution >= 0.6 is 0 Å². The molecule has 1 unspecified atom stereocenters. The summed E-state index contributed by atoms with van der Waals surface area (Å²) in [6, 6.07) is 13.6. The van der Waals surface area contributed by atoms with Gasteiger partial charge in [0, 0.05) is 0 Å². The van der Waals surface area contributed by atoms with Gasteiger partial charge in [-0.2, -0.15) is 6.07 Å². The van der Waals surface area contributed by atoms with E-state index in [-0.39, 0.29) is 0 Å². The highest BCUT2D eigenvalue weighted by molar-refractivity contribution is 5.88. The summed E-state index contributed by atoms with van der Waals surface area (Å²) in [4.78, 5) is 0. The molecular formula is C19H25-. The van der Waals surface area contributed by atoms with Crippen molar-refractivity contribution >= 4 is 10.8 Å². The van der Waals surface area contributed by atoms with Gasteiger partial charge in [0.2, 0.25) is 0 Å². The van der Waals surface area contributed by atoms with E-state index in [9.17, 15) is 0 Å². The van der Waals surface area contributed by atoms with E-state index in [1.807, 2.05) is 0 Å². The van der Waals surface area contributed by atoms with E-state index in [1.165, 1.54) is 30.0 Å². The van der Waals surface area contributed by atoms with Crippen LogP contribution in [0.2, 0.25) is 0 Å². The Labute approximate surface area is 117 Å². The molecule has 1 aliphatic carbocycles. The zero-order valence-electron chi connectivity index (χ0n) is 12.4. The van der Waals surface area contributed by atoms with Gasteiger partial charge >= 0.3 is 0 Å². The Kier molecular flexibility index (Phi) is 3.43. The van der Waals surface area contributed by atoms with Crippen LogP contribution in [0.5, 0.6) is 0 Å². The van der Waals surface area contributed by atoms with Gasteiger partial charge in [0.15, 0.2) is 0 Å². The third-order valence-electron chi connectivity index (χ3n) is 5.14. The van der Waals surface area contributed by atoms with E-state index in [1.54, 1.807) is 5.56 Å². The second kappa shape index (κ2) is 5.07. The van der Waals surface area contributed by atoms with E-state index in [0.717, 1.165) is 23.7 Å². The maximum atomic E-state index is 2.43. The van der Waals surface area contributed by atoms with Crippen molar-refractivity contribution in [2.24, 2.45) is 17.8 Å². The lowest BCUT2D eigenvalue weighted by Crippen LogP contribution is -2.25. The maximum Gasteiger partial charge on any atom is -0.0402 e. The highest BCUT2D eigenvalue weighted by Crippen LogP contribution is 2.46. The van der Waals surface area contributed by atoms with Crippen LogP contribution in [0.3, 0.4) is 0 Å². The molecule has 19 heavy (non-hydrogen) atoms. The largest absolute Gasteiger partial charge is 0.168 e. The third-order valence-corrected chi connectivity index (χ3v) is 5.14. The fourth-order valence-electron chi connectivity index (χ4n) is 4.06. The van der Waals surface area contributed by atoms with Gasteiger partial charge < -0.3 is 0 Å². The molecule has 0 heterocycles.